The van der Waals surface area contributed by atoms with Crippen LogP contribution in [0.5, 0.6) is 0 Å². The molecule has 0 aliphatic heterocycles. The first kappa shape index (κ1) is 4.31. The predicted molar refractivity (Wildman–Crippen MR) is 18.2 cm³/mol. The van der Waals surface area contributed by atoms with Gasteiger partial charge < -0.3 is 4.46 Å². The molecular formula is CH3ClOSi. The summed E-state index contributed by atoms with van der Waals surface area (Å²) in [5.74, 6) is 0. The van der Waals surface area contributed by atoms with Crippen LogP contribution in [0, 0.1) is 0 Å². The molecule has 0 aromatic rings. The molecule has 0 aliphatic rings. The highest BCUT2D eigenvalue weighted by atomic mass is 35.6. The molecule has 0 atom stereocenters. The molecular weight excluding hydrogens is 91.5 g/mol. The van der Waals surface area contributed by atoms with E-state index in [1.54, 1.807) is 0 Å². The van der Waals surface area contributed by atoms with Crippen molar-refractivity contribution in [1.82, 2.24) is 0 Å². The van der Waals surface area contributed by atoms with Crippen LogP contribution in [0.3, 0.4) is 0 Å². The molecule has 0 spiro atoms. The minimum absolute atomic E-state index is 1.48. The summed E-state index contributed by atoms with van der Waals surface area (Å²) in [6.45, 7) is 1.48. The number of hydrogen-bond acceptors (Lipinski definition) is 1. The zero-order chi connectivity index (χ0) is 3.58. The normalized spacial score (nSPS) is 6.50. The SMILES string of the molecule is C[Si](=O)Cl. The summed E-state index contributed by atoms with van der Waals surface area (Å²) in [7, 11) is -1.66. The van der Waals surface area contributed by atoms with Crippen molar-refractivity contribution in [2.45, 2.75) is 6.55 Å². The molecule has 4 heavy (non-hydrogen) atoms. The highest BCUT2D eigenvalue weighted by Gasteiger charge is 1.74. The summed E-state index contributed by atoms with van der Waals surface area (Å²) in [4.78, 5) is 0. The molecule has 0 rings (SSSR count). The van der Waals surface area contributed by atoms with Gasteiger partial charge in [0.25, 0.3) is 0 Å². The van der Waals surface area contributed by atoms with E-state index in [4.69, 9.17) is 11.1 Å². The van der Waals surface area contributed by atoms with Crippen molar-refractivity contribution < 1.29 is 4.46 Å². The van der Waals surface area contributed by atoms with Crippen LogP contribution in [0.1, 0.15) is 0 Å². The molecule has 24 valence electrons. The molecule has 0 saturated carbocycles. The van der Waals surface area contributed by atoms with Gasteiger partial charge in [-0.1, -0.05) is 11.1 Å². The molecule has 0 aromatic heterocycles. The Bertz CT molecular complexity index is 31.0. The van der Waals surface area contributed by atoms with E-state index in [2.05, 4.69) is 0 Å². The molecule has 0 amide bonds. The molecule has 0 aliphatic carbocycles. The van der Waals surface area contributed by atoms with E-state index in [9.17, 15) is 4.46 Å². The lowest BCUT2D eigenvalue weighted by atomic mass is 11.9. The molecule has 1 nitrogen and oxygen atoms in total. The van der Waals surface area contributed by atoms with E-state index in [0.29, 0.717) is 0 Å². The van der Waals surface area contributed by atoms with Gasteiger partial charge in [-0.2, -0.15) is 0 Å². The Balaban J connectivity index is 2.80. The maximum absolute atomic E-state index is 9.40. The third-order valence-electron chi connectivity index (χ3n) is 0. The zero-order valence-electron chi connectivity index (χ0n) is 2.29. The molecule has 0 N–H and O–H groups in total. The van der Waals surface area contributed by atoms with Gasteiger partial charge in [0.05, 0.1) is 0 Å². The summed E-state index contributed by atoms with van der Waals surface area (Å²) in [5, 5.41) is 0. The summed E-state index contributed by atoms with van der Waals surface area (Å²) in [6.07, 6.45) is 0. The summed E-state index contributed by atoms with van der Waals surface area (Å²) < 4.78 is 9.40. The van der Waals surface area contributed by atoms with E-state index in [0.717, 1.165) is 0 Å². The van der Waals surface area contributed by atoms with Gasteiger partial charge in [0, 0.05) is 0 Å². The summed E-state index contributed by atoms with van der Waals surface area (Å²) in [5.41, 5.74) is 0. The van der Waals surface area contributed by atoms with Crippen LogP contribution in [0.4, 0.5) is 0 Å². The molecule has 0 aromatic carbocycles. The molecule has 0 bridgehead atoms. The Morgan fingerprint density at radius 1 is 2.00 bits per heavy atom. The van der Waals surface area contributed by atoms with E-state index >= 15 is 0 Å². The van der Waals surface area contributed by atoms with Crippen LogP contribution in [0.15, 0.2) is 0 Å². The predicted octanol–water partition coefficient (Wildman–Crippen LogP) is 0.774. The average Bonchev–Trinajstić information content (AvgIpc) is 0.811. The van der Waals surface area contributed by atoms with Crippen LogP contribution in [-0.2, 0) is 4.46 Å². The Hall–Kier alpha value is 0.307. The molecule has 0 saturated heterocycles. The Morgan fingerprint density at radius 2 is 2.00 bits per heavy atom. The van der Waals surface area contributed by atoms with Crippen molar-refractivity contribution in [3.63, 3.8) is 0 Å². The number of halogens is 1. The van der Waals surface area contributed by atoms with Crippen LogP contribution < -0.4 is 0 Å². The van der Waals surface area contributed by atoms with Gasteiger partial charge in [-0.15, -0.1) is 0 Å². The van der Waals surface area contributed by atoms with Crippen molar-refractivity contribution in [3.8, 4) is 0 Å². The Labute approximate surface area is 31.0 Å². The lowest BCUT2D eigenvalue weighted by Gasteiger charge is -1.47. The molecule has 0 unspecified atom stereocenters. The third kappa shape index (κ3) is 41.8. The number of rotatable bonds is 0. The average molecular weight is 94.6 g/mol. The van der Waals surface area contributed by atoms with Gasteiger partial charge in [-0.25, -0.2) is 0 Å². The van der Waals surface area contributed by atoms with Gasteiger partial charge in [-0.05, 0) is 6.55 Å². The van der Waals surface area contributed by atoms with Gasteiger partial charge in [0.2, 0.25) is 0 Å². The van der Waals surface area contributed by atoms with Crippen LogP contribution in [-0.4, -0.2) is 7.99 Å². The molecule has 0 radical (unpaired) electrons. The van der Waals surface area contributed by atoms with Crippen LogP contribution in [0.25, 0.3) is 0 Å². The quantitative estimate of drug-likeness (QED) is 0.320. The monoisotopic (exact) mass is 94.0 g/mol. The van der Waals surface area contributed by atoms with Crippen molar-refractivity contribution in [3.05, 3.63) is 0 Å². The van der Waals surface area contributed by atoms with Crippen molar-refractivity contribution in [2.24, 2.45) is 0 Å². The minimum atomic E-state index is -1.66. The largest absolute Gasteiger partial charge is 0.380 e. The highest BCUT2D eigenvalue weighted by molar-refractivity contribution is 6.97. The van der Waals surface area contributed by atoms with E-state index < -0.39 is 7.99 Å². The second kappa shape index (κ2) is 1.61. The van der Waals surface area contributed by atoms with Gasteiger partial charge in [0.1, 0.15) is 0 Å². The highest BCUT2D eigenvalue weighted by Crippen LogP contribution is 1.65. The van der Waals surface area contributed by atoms with E-state index in [-0.39, 0.29) is 0 Å². The first-order valence-corrected chi connectivity index (χ1v) is 3.81. The van der Waals surface area contributed by atoms with E-state index in [1.807, 2.05) is 0 Å². The second-order valence-corrected chi connectivity index (χ2v) is 3.01. The third-order valence-corrected chi connectivity index (χ3v) is 0. The van der Waals surface area contributed by atoms with Gasteiger partial charge in [0.15, 0.2) is 0 Å². The van der Waals surface area contributed by atoms with E-state index in [1.165, 1.54) is 6.55 Å². The lowest BCUT2D eigenvalue weighted by Crippen LogP contribution is -1.66. The molecule has 0 heterocycles. The molecule has 0 fully saturated rings. The first-order valence-electron chi connectivity index (χ1n) is 0.893. The van der Waals surface area contributed by atoms with Crippen molar-refractivity contribution in [1.29, 1.82) is 0 Å². The maximum atomic E-state index is 9.40. The Morgan fingerprint density at radius 3 is 2.00 bits per heavy atom. The smallest absolute Gasteiger partial charge is 0.368 e. The fourth-order valence-corrected chi connectivity index (χ4v) is 0. The minimum Gasteiger partial charge on any atom is -0.368 e. The zero-order valence-corrected chi connectivity index (χ0v) is 4.04. The standard InChI is InChI=1S/CH3ClOSi/c1-4(2)3/h1H3. The molecule has 3 heteroatoms. The summed E-state index contributed by atoms with van der Waals surface area (Å²) in [6, 6.07) is 0. The maximum Gasteiger partial charge on any atom is 0.380 e. The van der Waals surface area contributed by atoms with Crippen molar-refractivity contribution >= 4 is 19.1 Å². The summed E-state index contributed by atoms with van der Waals surface area (Å²) >= 11 is 4.82. The van der Waals surface area contributed by atoms with Crippen LogP contribution in [0.2, 0.25) is 6.55 Å². The Kier molecular flexibility index (Phi) is 1.73. The topological polar surface area (TPSA) is 17.1 Å². The fourth-order valence-electron chi connectivity index (χ4n) is 0. The number of hydrogen-bond donors (Lipinski definition) is 0. The van der Waals surface area contributed by atoms with Crippen LogP contribution >= 0.6 is 11.1 Å². The van der Waals surface area contributed by atoms with Gasteiger partial charge in [-0.3, -0.25) is 0 Å². The lowest BCUT2D eigenvalue weighted by molar-refractivity contribution is 0.576. The fraction of sp³-hybridized carbons (Fsp3) is 1.00. The second-order valence-electron chi connectivity index (χ2n) is 0.470. The first-order chi connectivity index (χ1) is 1.73. The van der Waals surface area contributed by atoms with Gasteiger partial charge >= 0.3 is 7.99 Å². The van der Waals surface area contributed by atoms with Crippen molar-refractivity contribution in [2.75, 3.05) is 0 Å².